The highest BCUT2D eigenvalue weighted by atomic mass is 16.5. The number of esters is 1. The molecule has 1 atom stereocenters. The first kappa shape index (κ1) is 14.0. The third-order valence-electron chi connectivity index (χ3n) is 3.42. The fourth-order valence-electron chi connectivity index (χ4n) is 2.30. The van der Waals surface area contributed by atoms with Gasteiger partial charge in [0.1, 0.15) is 0 Å². The van der Waals surface area contributed by atoms with Crippen LogP contribution < -0.4 is 5.73 Å². The number of hydrogen-bond acceptors (Lipinski definition) is 5. The van der Waals surface area contributed by atoms with Crippen LogP contribution in [0.5, 0.6) is 0 Å². The summed E-state index contributed by atoms with van der Waals surface area (Å²) in [6.45, 7) is 3.34. The van der Waals surface area contributed by atoms with E-state index >= 15 is 0 Å². The molecule has 0 aromatic heterocycles. The molecule has 1 aromatic carbocycles. The van der Waals surface area contributed by atoms with Gasteiger partial charge in [-0.3, -0.25) is 4.90 Å². The molecule has 1 saturated heterocycles. The fraction of sp³-hybridized carbons (Fsp3) is 0.500. The van der Waals surface area contributed by atoms with E-state index < -0.39 is 11.5 Å². The Morgan fingerprint density at radius 3 is 2.58 bits per heavy atom. The number of benzene rings is 1. The Balaban J connectivity index is 2.21. The van der Waals surface area contributed by atoms with Gasteiger partial charge in [0, 0.05) is 19.6 Å². The highest BCUT2D eigenvalue weighted by molar-refractivity contribution is 5.82. The van der Waals surface area contributed by atoms with Crippen molar-refractivity contribution in [3.63, 3.8) is 0 Å². The van der Waals surface area contributed by atoms with Crippen molar-refractivity contribution < 1.29 is 14.3 Å². The largest absolute Gasteiger partial charge is 0.467 e. The number of ether oxygens (including phenoxy) is 2. The van der Waals surface area contributed by atoms with Gasteiger partial charge in [0.2, 0.25) is 0 Å². The lowest BCUT2D eigenvalue weighted by molar-refractivity contribution is -0.148. The molecule has 2 N–H and O–H groups in total. The number of carbonyl (C=O) groups excluding carboxylic acids is 1. The van der Waals surface area contributed by atoms with Crippen molar-refractivity contribution in [2.75, 3.05) is 40.0 Å². The van der Waals surface area contributed by atoms with E-state index in [1.165, 1.54) is 7.11 Å². The van der Waals surface area contributed by atoms with E-state index in [1.54, 1.807) is 0 Å². The Labute approximate surface area is 113 Å². The molecule has 1 aliphatic heterocycles. The van der Waals surface area contributed by atoms with Crippen molar-refractivity contribution in [3.8, 4) is 0 Å². The SMILES string of the molecule is COC(=O)C(N)(CN1CCOCC1)c1ccccc1. The monoisotopic (exact) mass is 264 g/mol. The van der Waals surface area contributed by atoms with Gasteiger partial charge in [-0.15, -0.1) is 0 Å². The summed E-state index contributed by atoms with van der Waals surface area (Å²) in [5.74, 6) is -0.412. The standard InChI is InChI=1S/C14H20N2O3/c1-18-13(17)14(15,12-5-3-2-4-6-12)11-16-7-9-19-10-8-16/h2-6H,7-11,15H2,1H3. The average molecular weight is 264 g/mol. The summed E-state index contributed by atoms with van der Waals surface area (Å²) in [6.07, 6.45) is 0. The second-order valence-corrected chi connectivity index (χ2v) is 4.72. The molecule has 1 fully saturated rings. The predicted octanol–water partition coefficient (Wildman–Crippen LogP) is 0.346. The van der Waals surface area contributed by atoms with E-state index in [0.717, 1.165) is 18.7 Å². The van der Waals surface area contributed by atoms with Crippen molar-refractivity contribution in [1.82, 2.24) is 4.90 Å². The Morgan fingerprint density at radius 2 is 2.00 bits per heavy atom. The number of nitrogens with two attached hydrogens (primary N) is 1. The second-order valence-electron chi connectivity index (χ2n) is 4.72. The van der Waals surface area contributed by atoms with Gasteiger partial charge in [0.05, 0.1) is 20.3 Å². The number of hydrogen-bond donors (Lipinski definition) is 1. The van der Waals surface area contributed by atoms with Crippen molar-refractivity contribution in [1.29, 1.82) is 0 Å². The molecule has 1 aliphatic rings. The van der Waals surface area contributed by atoms with E-state index in [9.17, 15) is 4.79 Å². The van der Waals surface area contributed by atoms with Gasteiger partial charge >= 0.3 is 5.97 Å². The van der Waals surface area contributed by atoms with Crippen LogP contribution in [0.4, 0.5) is 0 Å². The van der Waals surface area contributed by atoms with Gasteiger partial charge in [-0.05, 0) is 5.56 Å². The van der Waals surface area contributed by atoms with E-state index in [1.807, 2.05) is 30.3 Å². The topological polar surface area (TPSA) is 64.8 Å². The Morgan fingerprint density at radius 1 is 1.37 bits per heavy atom. The molecule has 104 valence electrons. The lowest BCUT2D eigenvalue weighted by Gasteiger charge is -2.35. The summed E-state index contributed by atoms with van der Waals surface area (Å²) >= 11 is 0. The quantitative estimate of drug-likeness (QED) is 0.795. The molecular weight excluding hydrogens is 244 g/mol. The number of rotatable bonds is 4. The predicted molar refractivity (Wildman–Crippen MR) is 71.6 cm³/mol. The Kier molecular flexibility index (Phi) is 4.52. The Hall–Kier alpha value is -1.43. The molecule has 2 rings (SSSR count). The zero-order chi connectivity index (χ0) is 13.7. The van der Waals surface area contributed by atoms with Crippen LogP contribution in [-0.2, 0) is 19.8 Å². The van der Waals surface area contributed by atoms with Gasteiger partial charge in [-0.2, -0.15) is 0 Å². The number of carbonyl (C=O) groups is 1. The van der Waals surface area contributed by atoms with Crippen LogP contribution >= 0.6 is 0 Å². The third-order valence-corrected chi connectivity index (χ3v) is 3.42. The molecule has 1 unspecified atom stereocenters. The number of nitrogens with zero attached hydrogens (tertiary/aromatic N) is 1. The second kappa shape index (κ2) is 6.14. The molecule has 5 heteroatoms. The van der Waals surface area contributed by atoms with Crippen LogP contribution in [0, 0.1) is 0 Å². The Bertz CT molecular complexity index is 418. The van der Waals surface area contributed by atoms with Gasteiger partial charge in [0.15, 0.2) is 5.54 Å². The van der Waals surface area contributed by atoms with E-state index in [-0.39, 0.29) is 0 Å². The normalized spacial score (nSPS) is 19.7. The maximum Gasteiger partial charge on any atom is 0.331 e. The van der Waals surface area contributed by atoms with Crippen molar-refractivity contribution in [2.45, 2.75) is 5.54 Å². The third kappa shape index (κ3) is 3.12. The minimum atomic E-state index is -1.13. The van der Waals surface area contributed by atoms with Crippen LogP contribution in [0.25, 0.3) is 0 Å². The average Bonchev–Trinajstić information content (AvgIpc) is 2.48. The van der Waals surface area contributed by atoms with Gasteiger partial charge in [0.25, 0.3) is 0 Å². The molecule has 1 aromatic rings. The summed E-state index contributed by atoms with van der Waals surface area (Å²) in [5.41, 5.74) is 5.99. The van der Waals surface area contributed by atoms with Gasteiger partial charge in [-0.1, -0.05) is 30.3 Å². The number of morpholine rings is 1. The van der Waals surface area contributed by atoms with Gasteiger partial charge in [-0.25, -0.2) is 4.79 Å². The highest BCUT2D eigenvalue weighted by Gasteiger charge is 2.39. The van der Waals surface area contributed by atoms with Crippen LogP contribution in [0.3, 0.4) is 0 Å². The lowest BCUT2D eigenvalue weighted by atomic mass is 9.90. The van der Waals surface area contributed by atoms with Gasteiger partial charge < -0.3 is 15.2 Å². The smallest absolute Gasteiger partial charge is 0.331 e. The molecule has 0 bridgehead atoms. The first-order valence-electron chi connectivity index (χ1n) is 6.40. The molecule has 1 heterocycles. The molecule has 5 nitrogen and oxygen atoms in total. The highest BCUT2D eigenvalue weighted by Crippen LogP contribution is 2.21. The molecular formula is C14H20N2O3. The van der Waals surface area contributed by atoms with Crippen molar-refractivity contribution in [2.24, 2.45) is 5.73 Å². The maximum atomic E-state index is 12.1. The van der Waals surface area contributed by atoms with Crippen LogP contribution in [0.15, 0.2) is 30.3 Å². The maximum absolute atomic E-state index is 12.1. The van der Waals surface area contributed by atoms with Crippen LogP contribution in [0.1, 0.15) is 5.56 Å². The lowest BCUT2D eigenvalue weighted by Crippen LogP contribution is -2.55. The van der Waals surface area contributed by atoms with Crippen molar-refractivity contribution in [3.05, 3.63) is 35.9 Å². The molecule has 0 spiro atoms. The molecule has 0 radical (unpaired) electrons. The summed E-state index contributed by atoms with van der Waals surface area (Å²) in [7, 11) is 1.37. The summed E-state index contributed by atoms with van der Waals surface area (Å²) < 4.78 is 10.2. The zero-order valence-corrected chi connectivity index (χ0v) is 11.2. The summed E-state index contributed by atoms with van der Waals surface area (Å²) in [6, 6.07) is 9.36. The molecule has 0 amide bonds. The summed E-state index contributed by atoms with van der Waals surface area (Å²) in [5, 5.41) is 0. The number of methoxy groups -OCH3 is 1. The van der Waals surface area contributed by atoms with Crippen LogP contribution in [0.2, 0.25) is 0 Å². The zero-order valence-electron chi connectivity index (χ0n) is 11.2. The summed E-state index contributed by atoms with van der Waals surface area (Å²) in [4.78, 5) is 14.2. The van der Waals surface area contributed by atoms with E-state index in [2.05, 4.69) is 4.90 Å². The van der Waals surface area contributed by atoms with E-state index in [0.29, 0.717) is 19.8 Å². The molecule has 0 saturated carbocycles. The van der Waals surface area contributed by atoms with Crippen LogP contribution in [-0.4, -0.2) is 50.8 Å². The van der Waals surface area contributed by atoms with E-state index in [4.69, 9.17) is 15.2 Å². The molecule has 0 aliphatic carbocycles. The van der Waals surface area contributed by atoms with Crippen molar-refractivity contribution >= 4 is 5.97 Å². The minimum Gasteiger partial charge on any atom is -0.467 e. The first-order chi connectivity index (χ1) is 9.16. The molecule has 19 heavy (non-hydrogen) atoms. The minimum absolute atomic E-state index is 0.412. The fourth-order valence-corrected chi connectivity index (χ4v) is 2.30. The first-order valence-corrected chi connectivity index (χ1v) is 6.40.